The molecule has 0 spiro atoms. The Kier molecular flexibility index (Phi) is 3.07. The van der Waals surface area contributed by atoms with Crippen molar-refractivity contribution in [2.45, 2.75) is 25.3 Å². The predicted octanol–water partition coefficient (Wildman–Crippen LogP) is 3.18. The average molecular weight is 251 g/mol. The Morgan fingerprint density at radius 3 is 1.71 bits per heavy atom. The van der Waals surface area contributed by atoms with Gasteiger partial charge >= 0.3 is 0 Å². The normalized spacial score (nSPS) is 17.3. The van der Waals surface area contributed by atoms with E-state index in [2.05, 4.69) is 0 Å². The Morgan fingerprint density at radius 1 is 0.882 bits per heavy atom. The van der Waals surface area contributed by atoms with E-state index in [1.54, 1.807) is 0 Å². The molecule has 1 aromatic carbocycles. The zero-order chi connectivity index (χ0) is 12.7. The lowest BCUT2D eigenvalue weighted by atomic mass is 10.00. The maximum absolute atomic E-state index is 13.3. The molecule has 0 saturated heterocycles. The molecule has 1 fully saturated rings. The zero-order valence-electron chi connectivity index (χ0n) is 8.74. The maximum Gasteiger partial charge on any atom is 0.200 e. The van der Waals surface area contributed by atoms with Gasteiger partial charge in [0.2, 0.25) is 5.82 Å². The van der Waals surface area contributed by atoms with Crippen molar-refractivity contribution >= 4 is 0 Å². The third-order valence-corrected chi connectivity index (χ3v) is 2.90. The van der Waals surface area contributed by atoms with Crippen LogP contribution in [0.4, 0.5) is 22.0 Å². The highest BCUT2D eigenvalue weighted by Crippen LogP contribution is 2.38. The molecule has 0 aliphatic heterocycles. The molecule has 0 amide bonds. The third kappa shape index (κ3) is 2.13. The number of rotatable bonds is 3. The van der Waals surface area contributed by atoms with Crippen LogP contribution >= 0.6 is 0 Å². The standard InChI is InChI=1S/C11H10F5N/c12-7-6(5(17)3-4-1-2-4)8(13)10(15)11(16)9(7)14/h4-5H,1-3,17H2. The van der Waals surface area contributed by atoms with E-state index in [9.17, 15) is 22.0 Å². The largest absolute Gasteiger partial charge is 0.324 e. The molecule has 0 bridgehead atoms. The zero-order valence-corrected chi connectivity index (χ0v) is 8.74. The van der Waals surface area contributed by atoms with Crippen LogP contribution < -0.4 is 5.73 Å². The Hall–Kier alpha value is -1.17. The van der Waals surface area contributed by atoms with Crippen molar-refractivity contribution in [3.05, 3.63) is 34.6 Å². The van der Waals surface area contributed by atoms with Crippen LogP contribution in [-0.2, 0) is 0 Å². The molecule has 0 aromatic heterocycles. The fourth-order valence-corrected chi connectivity index (χ4v) is 1.78. The average Bonchev–Trinajstić information content (AvgIpc) is 3.08. The Balaban J connectivity index is 2.44. The van der Waals surface area contributed by atoms with Crippen molar-refractivity contribution in [1.82, 2.24) is 0 Å². The van der Waals surface area contributed by atoms with Gasteiger partial charge in [0, 0.05) is 11.6 Å². The second kappa shape index (κ2) is 4.25. The van der Waals surface area contributed by atoms with Crippen LogP contribution in [0, 0.1) is 35.0 Å². The minimum atomic E-state index is -2.15. The molecule has 1 unspecified atom stereocenters. The number of benzene rings is 1. The van der Waals surface area contributed by atoms with Crippen molar-refractivity contribution in [1.29, 1.82) is 0 Å². The molecule has 2 rings (SSSR count). The Morgan fingerprint density at radius 2 is 1.29 bits per heavy atom. The van der Waals surface area contributed by atoms with Crippen LogP contribution in [0.15, 0.2) is 0 Å². The molecule has 94 valence electrons. The summed E-state index contributed by atoms with van der Waals surface area (Å²) in [6, 6.07) is -1.16. The van der Waals surface area contributed by atoms with Crippen molar-refractivity contribution < 1.29 is 22.0 Å². The van der Waals surface area contributed by atoms with Crippen LogP contribution in [0.5, 0.6) is 0 Å². The minimum Gasteiger partial charge on any atom is -0.324 e. The van der Waals surface area contributed by atoms with E-state index in [-0.39, 0.29) is 12.3 Å². The second-order valence-corrected chi connectivity index (χ2v) is 4.27. The molecule has 0 heterocycles. The minimum absolute atomic E-state index is 0.222. The molecule has 1 atom stereocenters. The molecule has 1 saturated carbocycles. The van der Waals surface area contributed by atoms with E-state index in [1.807, 2.05) is 0 Å². The van der Waals surface area contributed by atoms with E-state index in [4.69, 9.17) is 5.73 Å². The lowest BCUT2D eigenvalue weighted by Crippen LogP contribution is -2.18. The van der Waals surface area contributed by atoms with Gasteiger partial charge in [-0.3, -0.25) is 0 Å². The quantitative estimate of drug-likeness (QED) is 0.498. The fraction of sp³-hybridized carbons (Fsp3) is 0.455. The smallest absolute Gasteiger partial charge is 0.200 e. The summed E-state index contributed by atoms with van der Waals surface area (Å²) in [5.41, 5.74) is 4.58. The summed E-state index contributed by atoms with van der Waals surface area (Å²) in [4.78, 5) is 0. The van der Waals surface area contributed by atoms with Crippen LogP contribution in [0.2, 0.25) is 0 Å². The Bertz CT molecular complexity index is 427. The van der Waals surface area contributed by atoms with E-state index in [1.165, 1.54) is 0 Å². The summed E-state index contributed by atoms with van der Waals surface area (Å²) in [7, 11) is 0. The molecule has 6 heteroatoms. The highest BCUT2D eigenvalue weighted by atomic mass is 19.2. The third-order valence-electron chi connectivity index (χ3n) is 2.90. The van der Waals surface area contributed by atoms with Crippen molar-refractivity contribution in [3.8, 4) is 0 Å². The summed E-state index contributed by atoms with van der Waals surface area (Å²) in [5.74, 6) is -9.46. The van der Waals surface area contributed by atoms with E-state index in [0.29, 0.717) is 0 Å². The molecular formula is C11H10F5N. The molecular weight excluding hydrogens is 241 g/mol. The summed E-state index contributed by atoms with van der Waals surface area (Å²) in [5, 5.41) is 0. The molecule has 1 aliphatic rings. The molecule has 0 radical (unpaired) electrons. The topological polar surface area (TPSA) is 26.0 Å². The number of hydrogen-bond acceptors (Lipinski definition) is 1. The lowest BCUT2D eigenvalue weighted by molar-refractivity contribution is 0.360. The van der Waals surface area contributed by atoms with Gasteiger partial charge in [0.1, 0.15) is 0 Å². The van der Waals surface area contributed by atoms with Crippen molar-refractivity contribution in [3.63, 3.8) is 0 Å². The van der Waals surface area contributed by atoms with Crippen molar-refractivity contribution in [2.75, 3.05) is 0 Å². The Labute approximate surface area is 94.4 Å². The summed E-state index contributed by atoms with van der Waals surface area (Å²) < 4.78 is 65.2. The highest BCUT2D eigenvalue weighted by Gasteiger charge is 2.32. The molecule has 2 N–H and O–H groups in total. The fourth-order valence-electron chi connectivity index (χ4n) is 1.78. The summed E-state index contributed by atoms with van der Waals surface area (Å²) in [6.07, 6.45) is 1.99. The van der Waals surface area contributed by atoms with Gasteiger partial charge in [-0.2, -0.15) is 0 Å². The number of halogens is 5. The first-order valence-electron chi connectivity index (χ1n) is 5.20. The van der Waals surface area contributed by atoms with Gasteiger partial charge in [-0.05, 0) is 12.3 Å². The van der Waals surface area contributed by atoms with E-state index >= 15 is 0 Å². The van der Waals surface area contributed by atoms with Crippen LogP contribution in [0.1, 0.15) is 30.9 Å². The first-order valence-corrected chi connectivity index (χ1v) is 5.20. The van der Waals surface area contributed by atoms with Gasteiger partial charge in [0.25, 0.3) is 0 Å². The SMILES string of the molecule is NC(CC1CC1)c1c(F)c(F)c(F)c(F)c1F. The van der Waals surface area contributed by atoms with E-state index < -0.39 is 40.7 Å². The molecule has 1 aromatic rings. The first-order chi connectivity index (χ1) is 7.93. The number of hydrogen-bond donors (Lipinski definition) is 1. The second-order valence-electron chi connectivity index (χ2n) is 4.27. The molecule has 1 aliphatic carbocycles. The summed E-state index contributed by atoms with van der Waals surface area (Å²) in [6.45, 7) is 0. The predicted molar refractivity (Wildman–Crippen MR) is 50.5 cm³/mol. The molecule has 17 heavy (non-hydrogen) atoms. The number of nitrogens with two attached hydrogens (primary N) is 1. The van der Waals surface area contributed by atoms with E-state index in [0.717, 1.165) is 12.8 Å². The maximum atomic E-state index is 13.3. The van der Waals surface area contributed by atoms with Gasteiger partial charge in [-0.1, -0.05) is 12.8 Å². The van der Waals surface area contributed by atoms with Gasteiger partial charge in [0.05, 0.1) is 0 Å². The summed E-state index contributed by atoms with van der Waals surface area (Å²) >= 11 is 0. The van der Waals surface area contributed by atoms with Crippen LogP contribution in [0.3, 0.4) is 0 Å². The highest BCUT2D eigenvalue weighted by molar-refractivity contribution is 5.27. The molecule has 1 nitrogen and oxygen atoms in total. The lowest BCUT2D eigenvalue weighted by Gasteiger charge is -2.14. The van der Waals surface area contributed by atoms with Gasteiger partial charge in [-0.25, -0.2) is 22.0 Å². The van der Waals surface area contributed by atoms with Gasteiger partial charge in [0.15, 0.2) is 23.3 Å². The monoisotopic (exact) mass is 251 g/mol. The first kappa shape index (κ1) is 12.3. The van der Waals surface area contributed by atoms with Crippen LogP contribution in [0.25, 0.3) is 0 Å². The van der Waals surface area contributed by atoms with Crippen molar-refractivity contribution in [2.24, 2.45) is 11.7 Å². The van der Waals surface area contributed by atoms with Crippen LogP contribution in [-0.4, -0.2) is 0 Å². The van der Waals surface area contributed by atoms with Gasteiger partial charge < -0.3 is 5.73 Å². The van der Waals surface area contributed by atoms with Gasteiger partial charge in [-0.15, -0.1) is 0 Å².